The highest BCUT2D eigenvalue weighted by atomic mass is 16.7. The Morgan fingerprint density at radius 1 is 0.769 bits per heavy atom. The van der Waals surface area contributed by atoms with Crippen molar-refractivity contribution in [3.63, 3.8) is 0 Å². The molecule has 8 nitrogen and oxygen atoms in total. The zero-order valence-electron chi connectivity index (χ0n) is 26.6. The summed E-state index contributed by atoms with van der Waals surface area (Å²) in [5.74, 6) is -0.277. The minimum atomic E-state index is -0.426. The highest BCUT2D eigenvalue weighted by Crippen LogP contribution is 2.40. The predicted molar refractivity (Wildman–Crippen MR) is 153 cm³/mol. The lowest BCUT2D eigenvalue weighted by Gasteiger charge is -2.52. The zero-order chi connectivity index (χ0) is 29.6. The molecule has 2 fully saturated rings. The molecule has 8 heteroatoms. The van der Waals surface area contributed by atoms with E-state index in [9.17, 15) is 14.8 Å². The van der Waals surface area contributed by atoms with Crippen LogP contribution in [-0.4, -0.2) is 68.7 Å². The molecular weight excluding hydrogens is 496 g/mol. The van der Waals surface area contributed by atoms with Crippen LogP contribution in [0.5, 0.6) is 0 Å². The van der Waals surface area contributed by atoms with Gasteiger partial charge in [-0.1, -0.05) is 32.6 Å². The van der Waals surface area contributed by atoms with E-state index in [0.29, 0.717) is 19.3 Å². The summed E-state index contributed by atoms with van der Waals surface area (Å²) in [6, 6.07) is 0. The molecule has 0 bridgehead atoms. The standard InChI is InChI=1S/C31H58N2O6/c1-11-23(27(35)39-25-21-30(6,7)33(37-10)31(8,9)22-25)17-15-13-12-14-16-18-26(34)38-24-19-28(2,3)32(36)29(4,5)20-24/h23-25,36H,11-22H2,1-10H3. The molecule has 1 atom stereocenters. The van der Waals surface area contributed by atoms with Crippen LogP contribution in [0.15, 0.2) is 0 Å². The minimum absolute atomic E-state index is 0.0644. The zero-order valence-corrected chi connectivity index (χ0v) is 26.6. The fourth-order valence-corrected chi connectivity index (χ4v) is 7.20. The van der Waals surface area contributed by atoms with Gasteiger partial charge in [0, 0.05) is 54.3 Å². The van der Waals surface area contributed by atoms with Gasteiger partial charge in [-0.15, -0.1) is 0 Å². The van der Waals surface area contributed by atoms with E-state index in [0.717, 1.165) is 57.8 Å². The number of carbonyl (C=O) groups is 2. The van der Waals surface area contributed by atoms with Crippen LogP contribution in [0.3, 0.4) is 0 Å². The first kappa shape index (κ1) is 34.0. The molecule has 2 heterocycles. The third-order valence-corrected chi connectivity index (χ3v) is 8.68. The van der Waals surface area contributed by atoms with Crippen LogP contribution in [0, 0.1) is 5.92 Å². The molecule has 0 radical (unpaired) electrons. The molecule has 0 aliphatic carbocycles. The second-order valence-corrected chi connectivity index (χ2v) is 14.4. The molecular formula is C31H58N2O6. The first-order chi connectivity index (χ1) is 17.9. The molecule has 1 unspecified atom stereocenters. The first-order valence-electron chi connectivity index (χ1n) is 15.2. The van der Waals surface area contributed by atoms with Crippen molar-refractivity contribution in [1.29, 1.82) is 0 Å². The fraction of sp³-hybridized carbons (Fsp3) is 0.935. The van der Waals surface area contributed by atoms with Crippen molar-refractivity contribution in [1.82, 2.24) is 10.1 Å². The number of hydroxylamine groups is 4. The normalized spacial score (nSPS) is 24.3. The number of esters is 2. The van der Waals surface area contributed by atoms with Gasteiger partial charge in [0.25, 0.3) is 0 Å². The lowest BCUT2D eigenvalue weighted by Crippen LogP contribution is -2.61. The number of unbranched alkanes of at least 4 members (excludes halogenated alkanes) is 4. The molecule has 2 aliphatic rings. The largest absolute Gasteiger partial charge is 0.462 e. The van der Waals surface area contributed by atoms with E-state index in [1.54, 1.807) is 7.11 Å². The maximum Gasteiger partial charge on any atom is 0.309 e. The molecule has 1 N–H and O–H groups in total. The Kier molecular flexibility index (Phi) is 11.9. The summed E-state index contributed by atoms with van der Waals surface area (Å²) < 4.78 is 11.8. The van der Waals surface area contributed by atoms with Crippen LogP contribution in [-0.2, 0) is 23.9 Å². The van der Waals surface area contributed by atoms with E-state index < -0.39 is 11.1 Å². The SMILES string of the molecule is CCC(CCCCCCCC(=O)OC1CC(C)(C)N(O)C(C)(C)C1)C(=O)OC1CC(C)(C)N(OC)C(C)(C)C1. The van der Waals surface area contributed by atoms with Crippen molar-refractivity contribution in [2.24, 2.45) is 5.92 Å². The Bertz CT molecular complexity index is 773. The summed E-state index contributed by atoms with van der Waals surface area (Å²) in [5.41, 5.74) is -1.27. The predicted octanol–water partition coefficient (Wildman–Crippen LogP) is 6.82. The number of rotatable bonds is 13. The van der Waals surface area contributed by atoms with Crippen molar-refractivity contribution < 1.29 is 29.1 Å². The molecule has 0 spiro atoms. The summed E-state index contributed by atoms with van der Waals surface area (Å²) in [7, 11) is 1.71. The molecule has 2 saturated heterocycles. The molecule has 0 saturated carbocycles. The van der Waals surface area contributed by atoms with Crippen LogP contribution in [0.2, 0.25) is 0 Å². The van der Waals surface area contributed by atoms with E-state index in [2.05, 4.69) is 34.6 Å². The van der Waals surface area contributed by atoms with Gasteiger partial charge in [-0.25, -0.2) is 0 Å². The Morgan fingerprint density at radius 2 is 1.23 bits per heavy atom. The number of piperidine rings is 2. The summed E-state index contributed by atoms with van der Waals surface area (Å²) in [5, 5.41) is 13.9. The Hall–Kier alpha value is -1.22. The maximum absolute atomic E-state index is 13.0. The third-order valence-electron chi connectivity index (χ3n) is 8.68. The van der Waals surface area contributed by atoms with Gasteiger partial charge in [-0.05, 0) is 74.7 Å². The summed E-state index contributed by atoms with van der Waals surface area (Å²) >= 11 is 0. The molecule has 2 rings (SSSR count). The number of hydrogen-bond acceptors (Lipinski definition) is 8. The monoisotopic (exact) mass is 554 g/mol. The molecule has 2 aliphatic heterocycles. The lowest BCUT2D eigenvalue weighted by atomic mass is 9.80. The van der Waals surface area contributed by atoms with Gasteiger partial charge in [0.15, 0.2) is 0 Å². The van der Waals surface area contributed by atoms with Crippen LogP contribution >= 0.6 is 0 Å². The molecule has 0 aromatic heterocycles. The van der Waals surface area contributed by atoms with E-state index >= 15 is 0 Å². The van der Waals surface area contributed by atoms with E-state index in [1.165, 1.54) is 5.06 Å². The Labute approximate surface area is 238 Å². The van der Waals surface area contributed by atoms with Crippen molar-refractivity contribution in [3.8, 4) is 0 Å². The van der Waals surface area contributed by atoms with Crippen molar-refractivity contribution >= 4 is 11.9 Å². The van der Waals surface area contributed by atoms with Crippen molar-refractivity contribution in [2.45, 2.75) is 174 Å². The lowest BCUT2D eigenvalue weighted by molar-refractivity contribution is -0.278. The summed E-state index contributed by atoms with van der Waals surface area (Å²) in [4.78, 5) is 31.1. The van der Waals surface area contributed by atoms with E-state index in [-0.39, 0.29) is 41.1 Å². The maximum atomic E-state index is 13.0. The molecule has 0 aromatic rings. The van der Waals surface area contributed by atoms with Gasteiger partial charge >= 0.3 is 11.9 Å². The van der Waals surface area contributed by atoms with E-state index in [1.807, 2.05) is 32.8 Å². The number of hydrogen-bond donors (Lipinski definition) is 1. The highest BCUT2D eigenvalue weighted by molar-refractivity contribution is 5.72. The smallest absolute Gasteiger partial charge is 0.309 e. The summed E-state index contributed by atoms with van der Waals surface area (Å²) in [6.45, 7) is 18.5. The number of ether oxygens (including phenoxy) is 2. The van der Waals surface area contributed by atoms with Gasteiger partial charge in [0.1, 0.15) is 12.2 Å². The Balaban J connectivity index is 1.65. The van der Waals surface area contributed by atoms with Crippen molar-refractivity contribution in [2.75, 3.05) is 7.11 Å². The van der Waals surface area contributed by atoms with Gasteiger partial charge in [0.2, 0.25) is 0 Å². The van der Waals surface area contributed by atoms with Gasteiger partial charge < -0.3 is 19.5 Å². The fourth-order valence-electron chi connectivity index (χ4n) is 7.20. The molecule has 39 heavy (non-hydrogen) atoms. The van der Waals surface area contributed by atoms with Crippen LogP contribution in [0.4, 0.5) is 0 Å². The molecule has 228 valence electrons. The summed E-state index contributed by atoms with van der Waals surface area (Å²) in [6.07, 6.45) is 9.42. The third kappa shape index (κ3) is 9.40. The van der Waals surface area contributed by atoms with Crippen LogP contribution < -0.4 is 0 Å². The second kappa shape index (κ2) is 13.6. The minimum Gasteiger partial charge on any atom is -0.462 e. The van der Waals surface area contributed by atoms with Crippen LogP contribution in [0.1, 0.15) is 139 Å². The van der Waals surface area contributed by atoms with Gasteiger partial charge in [-0.2, -0.15) is 10.1 Å². The molecule has 0 aromatic carbocycles. The average Bonchev–Trinajstić information content (AvgIpc) is 2.77. The van der Waals surface area contributed by atoms with Gasteiger partial charge in [-0.3, -0.25) is 9.59 Å². The quantitative estimate of drug-likeness (QED) is 0.196. The van der Waals surface area contributed by atoms with Crippen molar-refractivity contribution in [3.05, 3.63) is 0 Å². The topological polar surface area (TPSA) is 88.5 Å². The van der Waals surface area contributed by atoms with Gasteiger partial charge in [0.05, 0.1) is 13.0 Å². The molecule has 0 amide bonds. The number of carbonyl (C=O) groups excluding carboxylic acids is 2. The van der Waals surface area contributed by atoms with Crippen LogP contribution in [0.25, 0.3) is 0 Å². The Morgan fingerprint density at radius 3 is 1.74 bits per heavy atom. The second-order valence-electron chi connectivity index (χ2n) is 14.4. The highest BCUT2D eigenvalue weighted by Gasteiger charge is 2.48. The average molecular weight is 555 g/mol. The van der Waals surface area contributed by atoms with E-state index in [4.69, 9.17) is 14.3 Å². The first-order valence-corrected chi connectivity index (χ1v) is 15.2. The number of nitrogens with zero attached hydrogens (tertiary/aromatic N) is 2.